The molecule has 0 bridgehead atoms. The molecule has 0 aliphatic rings. The van der Waals surface area contributed by atoms with Gasteiger partial charge in [0.15, 0.2) is 6.61 Å². The van der Waals surface area contributed by atoms with Gasteiger partial charge in [0.1, 0.15) is 17.6 Å². The first kappa shape index (κ1) is 11.9. The zero-order chi connectivity index (χ0) is 12.0. The Hall–Kier alpha value is -2.22. The van der Waals surface area contributed by atoms with Gasteiger partial charge in [-0.25, -0.2) is 4.79 Å². The minimum Gasteiger partial charge on any atom is -0.479 e. The summed E-state index contributed by atoms with van der Waals surface area (Å²) in [7, 11) is 3.19. The summed E-state index contributed by atoms with van der Waals surface area (Å²) >= 11 is 0. The van der Waals surface area contributed by atoms with Crippen molar-refractivity contribution in [2.45, 2.75) is 0 Å². The Morgan fingerprint density at radius 2 is 2.12 bits per heavy atom. The summed E-state index contributed by atoms with van der Waals surface area (Å²) in [5.41, 5.74) is 0. The van der Waals surface area contributed by atoms with Gasteiger partial charge in [-0.15, -0.1) is 0 Å². The highest BCUT2D eigenvalue weighted by molar-refractivity contribution is 5.70. The predicted octanol–water partition coefficient (Wildman–Crippen LogP) is 1.65. The Bertz CT molecular complexity index is 410. The molecule has 5 heteroatoms. The molecule has 0 aliphatic heterocycles. The Labute approximate surface area is 93.8 Å². The average Bonchev–Trinajstić information content (AvgIpc) is 2.26. The lowest BCUT2D eigenvalue weighted by molar-refractivity contribution is 0.171. The van der Waals surface area contributed by atoms with Crippen molar-refractivity contribution in [3.63, 3.8) is 0 Å². The van der Waals surface area contributed by atoms with E-state index in [1.54, 1.807) is 38.4 Å². The largest absolute Gasteiger partial charge is 0.479 e. The number of carbonyl (C=O) groups is 1. The number of hydrogen-bond donors (Lipinski definition) is 0. The molecule has 0 saturated carbocycles. The monoisotopic (exact) mass is 220 g/mol. The molecule has 1 amide bonds. The lowest BCUT2D eigenvalue weighted by Crippen LogP contribution is -2.25. The van der Waals surface area contributed by atoms with Gasteiger partial charge in [0.2, 0.25) is 0 Å². The number of nitrogens with zero attached hydrogens (tertiary/aromatic N) is 2. The summed E-state index contributed by atoms with van der Waals surface area (Å²) in [6.07, 6.45) is -0.461. The van der Waals surface area contributed by atoms with Crippen LogP contribution in [0.5, 0.6) is 11.5 Å². The lowest BCUT2D eigenvalue weighted by atomic mass is 10.3. The van der Waals surface area contributed by atoms with Crippen LogP contribution in [0.25, 0.3) is 0 Å². The number of rotatable bonds is 3. The van der Waals surface area contributed by atoms with Gasteiger partial charge in [0.05, 0.1) is 0 Å². The molecule has 1 aromatic rings. The molecule has 0 aliphatic carbocycles. The highest BCUT2D eigenvalue weighted by atomic mass is 16.6. The summed E-state index contributed by atoms with van der Waals surface area (Å²) in [5.74, 6) is 0.875. The number of amides is 1. The fraction of sp³-hybridized carbons (Fsp3) is 0.273. The summed E-state index contributed by atoms with van der Waals surface area (Å²) in [6, 6.07) is 8.42. The van der Waals surface area contributed by atoms with E-state index >= 15 is 0 Å². The summed E-state index contributed by atoms with van der Waals surface area (Å²) in [4.78, 5) is 12.6. The van der Waals surface area contributed by atoms with Crippen LogP contribution in [0, 0.1) is 11.3 Å². The van der Waals surface area contributed by atoms with Crippen molar-refractivity contribution in [3.05, 3.63) is 24.3 Å². The van der Waals surface area contributed by atoms with Crippen molar-refractivity contribution in [2.24, 2.45) is 0 Å². The van der Waals surface area contributed by atoms with E-state index in [0.29, 0.717) is 11.5 Å². The maximum Gasteiger partial charge on any atom is 0.414 e. The minimum absolute atomic E-state index is 0.0366. The molecule has 0 radical (unpaired) electrons. The SMILES string of the molecule is CN(C)C(=O)Oc1cccc(OCC#N)c1. The number of benzene rings is 1. The predicted molar refractivity (Wildman–Crippen MR) is 57.3 cm³/mol. The van der Waals surface area contributed by atoms with Crippen LogP contribution in [0.1, 0.15) is 0 Å². The third-order valence-corrected chi connectivity index (χ3v) is 1.68. The van der Waals surface area contributed by atoms with Crippen LogP contribution in [-0.2, 0) is 0 Å². The average molecular weight is 220 g/mol. The van der Waals surface area contributed by atoms with E-state index in [9.17, 15) is 4.79 Å². The first-order valence-corrected chi connectivity index (χ1v) is 4.62. The van der Waals surface area contributed by atoms with Gasteiger partial charge < -0.3 is 14.4 Å². The van der Waals surface area contributed by atoms with Crippen molar-refractivity contribution in [1.82, 2.24) is 4.90 Å². The van der Waals surface area contributed by atoms with Crippen LogP contribution in [0.2, 0.25) is 0 Å². The smallest absolute Gasteiger partial charge is 0.414 e. The highest BCUT2D eigenvalue weighted by Crippen LogP contribution is 2.19. The molecule has 0 N–H and O–H groups in total. The molecule has 16 heavy (non-hydrogen) atoms. The molecule has 5 nitrogen and oxygen atoms in total. The van der Waals surface area contributed by atoms with Crippen molar-refractivity contribution < 1.29 is 14.3 Å². The summed E-state index contributed by atoms with van der Waals surface area (Å²) in [5, 5.41) is 8.35. The van der Waals surface area contributed by atoms with Crippen LogP contribution in [0.3, 0.4) is 0 Å². The maximum atomic E-state index is 11.2. The molecule has 0 saturated heterocycles. The van der Waals surface area contributed by atoms with Gasteiger partial charge in [0.25, 0.3) is 0 Å². The number of carbonyl (C=O) groups excluding carboxylic acids is 1. The van der Waals surface area contributed by atoms with Crippen molar-refractivity contribution in [1.29, 1.82) is 5.26 Å². The third kappa shape index (κ3) is 3.50. The first-order chi connectivity index (χ1) is 7.63. The second-order valence-corrected chi connectivity index (χ2v) is 3.18. The summed E-state index contributed by atoms with van der Waals surface area (Å²) in [6.45, 7) is -0.0366. The minimum atomic E-state index is -0.461. The molecule has 0 atom stereocenters. The fourth-order valence-corrected chi connectivity index (χ4v) is 0.935. The van der Waals surface area contributed by atoms with Crippen LogP contribution in [0.15, 0.2) is 24.3 Å². The number of ether oxygens (including phenoxy) is 2. The highest BCUT2D eigenvalue weighted by Gasteiger charge is 2.06. The van der Waals surface area contributed by atoms with Crippen molar-refractivity contribution in [2.75, 3.05) is 20.7 Å². The molecular formula is C11H12N2O3. The maximum absolute atomic E-state index is 11.2. The van der Waals surface area contributed by atoms with E-state index in [0.717, 1.165) is 0 Å². The van der Waals surface area contributed by atoms with Crippen molar-refractivity contribution in [3.8, 4) is 17.6 Å². The Balaban J connectivity index is 2.68. The topological polar surface area (TPSA) is 62.6 Å². The van der Waals surface area contributed by atoms with E-state index in [4.69, 9.17) is 14.7 Å². The van der Waals surface area contributed by atoms with Gasteiger partial charge in [-0.2, -0.15) is 5.26 Å². The van der Waals surface area contributed by atoms with E-state index in [1.807, 2.05) is 6.07 Å². The second-order valence-electron chi connectivity index (χ2n) is 3.18. The third-order valence-electron chi connectivity index (χ3n) is 1.68. The Morgan fingerprint density at radius 1 is 1.44 bits per heavy atom. The van der Waals surface area contributed by atoms with Gasteiger partial charge in [-0.05, 0) is 12.1 Å². The van der Waals surface area contributed by atoms with Crippen LogP contribution >= 0.6 is 0 Å². The quantitative estimate of drug-likeness (QED) is 0.777. The molecule has 0 aromatic heterocycles. The molecule has 84 valence electrons. The zero-order valence-corrected chi connectivity index (χ0v) is 9.14. The Morgan fingerprint density at radius 3 is 2.75 bits per heavy atom. The molecule has 0 spiro atoms. The molecular weight excluding hydrogens is 208 g/mol. The van der Waals surface area contributed by atoms with Gasteiger partial charge in [0, 0.05) is 20.2 Å². The molecule has 0 heterocycles. The van der Waals surface area contributed by atoms with E-state index < -0.39 is 6.09 Å². The lowest BCUT2D eigenvalue weighted by Gasteiger charge is -2.11. The number of nitriles is 1. The van der Waals surface area contributed by atoms with Crippen LogP contribution in [-0.4, -0.2) is 31.7 Å². The van der Waals surface area contributed by atoms with E-state index in [2.05, 4.69) is 0 Å². The second kappa shape index (κ2) is 5.61. The fourth-order valence-electron chi connectivity index (χ4n) is 0.935. The normalized spacial score (nSPS) is 9.06. The van der Waals surface area contributed by atoms with Crippen molar-refractivity contribution >= 4 is 6.09 Å². The van der Waals surface area contributed by atoms with Crippen LogP contribution < -0.4 is 9.47 Å². The molecule has 0 fully saturated rings. The van der Waals surface area contributed by atoms with E-state index in [-0.39, 0.29) is 6.61 Å². The van der Waals surface area contributed by atoms with Crippen LogP contribution in [0.4, 0.5) is 4.79 Å². The van der Waals surface area contributed by atoms with E-state index in [1.165, 1.54) is 4.90 Å². The van der Waals surface area contributed by atoms with Gasteiger partial charge in [-0.1, -0.05) is 6.07 Å². The van der Waals surface area contributed by atoms with Gasteiger partial charge in [-0.3, -0.25) is 0 Å². The Kier molecular flexibility index (Phi) is 4.16. The molecule has 0 unspecified atom stereocenters. The first-order valence-electron chi connectivity index (χ1n) is 4.62. The standard InChI is InChI=1S/C11H12N2O3/c1-13(2)11(14)16-10-5-3-4-9(8-10)15-7-6-12/h3-5,8H,7H2,1-2H3. The molecule has 1 rings (SSSR count). The zero-order valence-electron chi connectivity index (χ0n) is 9.14. The summed E-state index contributed by atoms with van der Waals surface area (Å²) < 4.78 is 10.1. The number of hydrogen-bond acceptors (Lipinski definition) is 4. The van der Waals surface area contributed by atoms with Gasteiger partial charge >= 0.3 is 6.09 Å². The molecule has 1 aromatic carbocycles.